The van der Waals surface area contributed by atoms with Gasteiger partial charge in [0.05, 0.1) is 7.11 Å². The van der Waals surface area contributed by atoms with Gasteiger partial charge in [0.2, 0.25) is 0 Å². The van der Waals surface area contributed by atoms with Crippen LogP contribution in [0.25, 0.3) is 0 Å². The molecule has 7 nitrogen and oxygen atoms in total. The highest BCUT2D eigenvalue weighted by molar-refractivity contribution is 5.77. The number of carbonyl (C=O) groups is 1. The molecule has 1 aromatic heterocycles. The minimum absolute atomic E-state index is 0.0374. The van der Waals surface area contributed by atoms with Crippen molar-refractivity contribution in [2.45, 2.75) is 76.1 Å². The van der Waals surface area contributed by atoms with E-state index in [1.165, 1.54) is 18.4 Å². The zero-order valence-corrected chi connectivity index (χ0v) is 22.3. The summed E-state index contributed by atoms with van der Waals surface area (Å²) in [5, 5.41) is 13.5. The van der Waals surface area contributed by atoms with Gasteiger partial charge >= 0.3 is 5.97 Å². The van der Waals surface area contributed by atoms with Crippen LogP contribution in [0.15, 0.2) is 30.3 Å². The first kappa shape index (κ1) is 26.9. The number of fused-ring (bicyclic) bond motifs is 1. The number of nitrogens with one attached hydrogen (secondary N) is 1. The van der Waals surface area contributed by atoms with Gasteiger partial charge < -0.3 is 19.9 Å². The summed E-state index contributed by atoms with van der Waals surface area (Å²) < 4.78 is 26.4. The van der Waals surface area contributed by atoms with E-state index < -0.39 is 24.3 Å². The molecule has 1 unspecified atom stereocenters. The van der Waals surface area contributed by atoms with Crippen LogP contribution in [0.1, 0.15) is 67.0 Å². The lowest BCUT2D eigenvalue weighted by atomic mass is 9.99. The van der Waals surface area contributed by atoms with E-state index in [-0.39, 0.29) is 13.1 Å². The molecule has 2 fully saturated rings. The van der Waals surface area contributed by atoms with Crippen molar-refractivity contribution in [3.63, 3.8) is 0 Å². The Hall–Kier alpha value is -2.71. The molecule has 1 saturated heterocycles. The standard InChI is InChI=1S/C30H40FN3O4/c1-37-26-13-10-21(16-20-8-9-20)17-24(26)28(30(35)36)34-18-25(31)27(19-34)38-15-4-2-3-7-23-12-11-22-6-5-14-32-29(22)33-23/h10-13,17,20,25,27-28H,2-9,14-16,18-19H2,1H3,(H,32,33)(H,35,36)/t25-,27-,28?/m1/s1. The van der Waals surface area contributed by atoms with Gasteiger partial charge in [-0.25, -0.2) is 9.37 Å². The van der Waals surface area contributed by atoms with E-state index in [4.69, 9.17) is 14.5 Å². The fourth-order valence-corrected chi connectivity index (χ4v) is 5.72. The number of benzene rings is 1. The Bertz CT molecular complexity index is 1110. The Morgan fingerprint density at radius 3 is 2.87 bits per heavy atom. The van der Waals surface area contributed by atoms with Gasteiger partial charge in [0, 0.05) is 37.5 Å². The van der Waals surface area contributed by atoms with Crippen LogP contribution < -0.4 is 10.1 Å². The Balaban J connectivity index is 1.10. The predicted molar refractivity (Wildman–Crippen MR) is 145 cm³/mol. The number of pyridine rings is 1. The molecule has 2 aromatic rings. The van der Waals surface area contributed by atoms with Crippen LogP contribution in [0, 0.1) is 5.92 Å². The van der Waals surface area contributed by atoms with Crippen LogP contribution in [-0.4, -0.2) is 66.6 Å². The summed E-state index contributed by atoms with van der Waals surface area (Å²) in [5.74, 6) is 1.25. The summed E-state index contributed by atoms with van der Waals surface area (Å²) in [7, 11) is 1.55. The lowest BCUT2D eigenvalue weighted by molar-refractivity contribution is -0.143. The Labute approximate surface area is 224 Å². The molecule has 2 aliphatic heterocycles. The van der Waals surface area contributed by atoms with Crippen molar-refractivity contribution < 1.29 is 23.8 Å². The number of rotatable bonds is 13. The third kappa shape index (κ3) is 6.64. The second kappa shape index (κ2) is 12.4. The van der Waals surface area contributed by atoms with Crippen LogP contribution in [0.4, 0.5) is 10.2 Å². The molecule has 0 radical (unpaired) electrons. The summed E-state index contributed by atoms with van der Waals surface area (Å²) in [6.07, 6.45) is 7.54. The normalized spacial score (nSPS) is 22.1. The number of aliphatic carboxylic acids is 1. The van der Waals surface area contributed by atoms with E-state index in [9.17, 15) is 14.3 Å². The van der Waals surface area contributed by atoms with E-state index in [0.29, 0.717) is 23.8 Å². The first-order valence-corrected chi connectivity index (χ1v) is 14.1. The van der Waals surface area contributed by atoms with Gasteiger partial charge in [-0.3, -0.25) is 9.69 Å². The highest BCUT2D eigenvalue weighted by Crippen LogP contribution is 2.37. The monoisotopic (exact) mass is 525 g/mol. The van der Waals surface area contributed by atoms with E-state index in [1.807, 2.05) is 18.2 Å². The van der Waals surface area contributed by atoms with Gasteiger partial charge in [-0.2, -0.15) is 0 Å². The Morgan fingerprint density at radius 1 is 1.21 bits per heavy atom. The fourth-order valence-electron chi connectivity index (χ4n) is 5.72. The summed E-state index contributed by atoms with van der Waals surface area (Å²) in [6, 6.07) is 9.13. The summed E-state index contributed by atoms with van der Waals surface area (Å²) >= 11 is 0. The van der Waals surface area contributed by atoms with Gasteiger partial charge in [0.1, 0.15) is 29.9 Å². The van der Waals surface area contributed by atoms with Crippen molar-refractivity contribution in [3.8, 4) is 5.75 Å². The molecule has 3 aliphatic rings. The SMILES string of the molecule is COc1ccc(CC2CC2)cc1C(C(=O)O)N1C[C@@H](F)[C@H](OCCCCCc2ccc3c(n2)NCCC3)C1. The first-order chi connectivity index (χ1) is 18.5. The zero-order valence-electron chi connectivity index (χ0n) is 22.3. The van der Waals surface area contributed by atoms with Crippen molar-refractivity contribution in [1.29, 1.82) is 0 Å². The number of aromatic nitrogens is 1. The molecule has 0 bridgehead atoms. The molecule has 0 spiro atoms. The average molecular weight is 526 g/mol. The quantitative estimate of drug-likeness (QED) is 0.357. The highest BCUT2D eigenvalue weighted by Gasteiger charge is 2.41. The number of hydrogen-bond acceptors (Lipinski definition) is 6. The third-order valence-electron chi connectivity index (χ3n) is 8.00. The number of halogens is 1. The number of hydrogen-bond donors (Lipinski definition) is 2. The molecule has 2 N–H and O–H groups in total. The maximum absolute atomic E-state index is 14.9. The van der Waals surface area contributed by atoms with E-state index >= 15 is 0 Å². The number of likely N-dealkylation sites (tertiary alicyclic amines) is 1. The lowest BCUT2D eigenvalue weighted by Crippen LogP contribution is -2.34. The number of methoxy groups -OCH3 is 1. The number of carboxylic acid groups (broad SMARTS) is 1. The Morgan fingerprint density at radius 2 is 2.08 bits per heavy atom. The van der Waals surface area contributed by atoms with Crippen LogP contribution in [0.3, 0.4) is 0 Å². The minimum Gasteiger partial charge on any atom is -0.496 e. The molecule has 8 heteroatoms. The first-order valence-electron chi connectivity index (χ1n) is 14.1. The summed E-state index contributed by atoms with van der Waals surface area (Å²) in [6.45, 7) is 1.74. The number of unbranched alkanes of at least 4 members (excludes halogenated alkanes) is 2. The van der Waals surface area contributed by atoms with Crippen molar-refractivity contribution in [2.24, 2.45) is 5.92 Å². The van der Waals surface area contributed by atoms with Gasteiger partial charge in [-0.15, -0.1) is 0 Å². The molecule has 0 amide bonds. The molecule has 38 heavy (non-hydrogen) atoms. The predicted octanol–water partition coefficient (Wildman–Crippen LogP) is 4.98. The molecule has 1 aromatic carbocycles. The molecule has 5 rings (SSSR count). The molecule has 3 heterocycles. The number of alkyl halides is 1. The number of carboxylic acids is 1. The maximum atomic E-state index is 14.9. The largest absolute Gasteiger partial charge is 0.496 e. The van der Waals surface area contributed by atoms with Crippen molar-refractivity contribution in [3.05, 3.63) is 52.7 Å². The van der Waals surface area contributed by atoms with E-state index in [0.717, 1.165) is 68.6 Å². The summed E-state index contributed by atoms with van der Waals surface area (Å²) in [4.78, 5) is 18.8. The second-order valence-electron chi connectivity index (χ2n) is 11.0. The van der Waals surface area contributed by atoms with Crippen LogP contribution >= 0.6 is 0 Å². The van der Waals surface area contributed by atoms with Crippen molar-refractivity contribution in [2.75, 3.05) is 38.7 Å². The minimum atomic E-state index is -1.22. The number of aryl methyl sites for hydroxylation is 2. The Kier molecular flexibility index (Phi) is 8.79. The lowest BCUT2D eigenvalue weighted by Gasteiger charge is -2.26. The van der Waals surface area contributed by atoms with Crippen LogP contribution in [0.5, 0.6) is 5.75 Å². The molecular weight excluding hydrogens is 485 g/mol. The molecular formula is C30H40FN3O4. The zero-order chi connectivity index (χ0) is 26.5. The van der Waals surface area contributed by atoms with Crippen molar-refractivity contribution >= 4 is 11.8 Å². The van der Waals surface area contributed by atoms with E-state index in [1.54, 1.807) is 12.0 Å². The number of ether oxygens (including phenoxy) is 2. The molecule has 1 saturated carbocycles. The van der Waals surface area contributed by atoms with E-state index in [2.05, 4.69) is 17.4 Å². The van der Waals surface area contributed by atoms with Crippen LogP contribution in [-0.2, 0) is 28.8 Å². The number of anilines is 1. The molecule has 206 valence electrons. The van der Waals surface area contributed by atoms with Gasteiger partial charge in [0.25, 0.3) is 0 Å². The fraction of sp³-hybridized carbons (Fsp3) is 0.600. The van der Waals surface area contributed by atoms with Gasteiger partial charge in [0.15, 0.2) is 0 Å². The third-order valence-corrected chi connectivity index (χ3v) is 8.00. The van der Waals surface area contributed by atoms with Gasteiger partial charge in [-0.05, 0) is 86.6 Å². The van der Waals surface area contributed by atoms with Gasteiger partial charge in [-0.1, -0.05) is 18.6 Å². The second-order valence-corrected chi connectivity index (χ2v) is 11.0. The number of nitrogens with zero attached hydrogens (tertiary/aromatic N) is 2. The maximum Gasteiger partial charge on any atom is 0.325 e. The average Bonchev–Trinajstić information content (AvgIpc) is 3.66. The summed E-state index contributed by atoms with van der Waals surface area (Å²) in [5.41, 5.74) is 4.11. The highest BCUT2D eigenvalue weighted by atomic mass is 19.1. The molecule has 3 atom stereocenters. The van der Waals surface area contributed by atoms with Crippen molar-refractivity contribution in [1.82, 2.24) is 9.88 Å². The van der Waals surface area contributed by atoms with Crippen LogP contribution in [0.2, 0.25) is 0 Å². The topological polar surface area (TPSA) is 83.9 Å². The molecule has 1 aliphatic carbocycles. The smallest absolute Gasteiger partial charge is 0.325 e.